The van der Waals surface area contributed by atoms with Gasteiger partial charge >= 0.3 is 17.9 Å². The molecule has 0 N–H and O–H groups in total. The normalized spacial score (nSPS) is 13.0. The molecule has 0 spiro atoms. The van der Waals surface area contributed by atoms with E-state index >= 15 is 0 Å². The molecule has 0 aromatic carbocycles. The van der Waals surface area contributed by atoms with Gasteiger partial charge in [0.2, 0.25) is 0 Å². The third kappa shape index (κ3) is 66.2. The van der Waals surface area contributed by atoms with Gasteiger partial charge in [0, 0.05) is 19.3 Å². The minimum atomic E-state index is -0.802. The van der Waals surface area contributed by atoms with E-state index in [1.807, 2.05) is 0 Å². The van der Waals surface area contributed by atoms with Crippen LogP contribution in [0, 0.1) is 0 Å². The minimum Gasteiger partial charge on any atom is -0.462 e. The summed E-state index contributed by atoms with van der Waals surface area (Å²) in [7, 11) is 0. The number of carbonyl (C=O) groups is 3. The Morgan fingerprint density at radius 1 is 0.259 bits per heavy atom. The summed E-state index contributed by atoms with van der Waals surface area (Å²) >= 11 is 0. The third-order valence-corrected chi connectivity index (χ3v) is 14.1. The van der Waals surface area contributed by atoms with Crippen LogP contribution in [-0.4, -0.2) is 37.2 Å². The van der Waals surface area contributed by atoms with Crippen LogP contribution in [0.5, 0.6) is 0 Å². The first-order valence-electron chi connectivity index (χ1n) is 33.7. The lowest BCUT2D eigenvalue weighted by molar-refractivity contribution is -0.167. The molecule has 0 aliphatic carbocycles. The van der Waals surface area contributed by atoms with E-state index in [2.05, 4.69) is 154 Å². The molecule has 1 unspecified atom stereocenters. The quantitative estimate of drug-likeness (QED) is 0.0261. The van der Waals surface area contributed by atoms with Gasteiger partial charge in [0.05, 0.1) is 0 Å². The van der Waals surface area contributed by atoms with Gasteiger partial charge in [-0.3, -0.25) is 14.4 Å². The second kappa shape index (κ2) is 68.1. The highest BCUT2D eigenvalue weighted by Gasteiger charge is 2.19. The van der Waals surface area contributed by atoms with Crippen LogP contribution < -0.4 is 0 Å². The molecule has 0 radical (unpaired) electrons. The van der Waals surface area contributed by atoms with Crippen LogP contribution in [0.1, 0.15) is 303 Å². The highest BCUT2D eigenvalue weighted by molar-refractivity contribution is 5.71. The number of rotatable bonds is 60. The highest BCUT2D eigenvalue weighted by Crippen LogP contribution is 2.16. The van der Waals surface area contributed by atoms with Crippen molar-refractivity contribution in [3.8, 4) is 0 Å². The van der Waals surface area contributed by atoms with Crippen LogP contribution in [0.3, 0.4) is 0 Å². The maximum atomic E-state index is 12.8. The van der Waals surface area contributed by atoms with Gasteiger partial charge in [-0.15, -0.1) is 0 Å². The van der Waals surface area contributed by atoms with Crippen LogP contribution in [-0.2, 0) is 28.6 Å². The molecule has 0 amide bonds. The molecule has 0 bridgehead atoms. The van der Waals surface area contributed by atoms with E-state index in [1.54, 1.807) is 0 Å². The van der Waals surface area contributed by atoms with Crippen molar-refractivity contribution in [3.05, 3.63) is 134 Å². The van der Waals surface area contributed by atoms with E-state index in [1.165, 1.54) is 135 Å². The highest BCUT2D eigenvalue weighted by atomic mass is 16.6. The summed E-state index contributed by atoms with van der Waals surface area (Å²) in [5.41, 5.74) is 0. The summed E-state index contributed by atoms with van der Waals surface area (Å²) < 4.78 is 16.7. The standard InChI is InChI=1S/C75H124O6/c1-4-7-10-13-15-17-19-21-23-25-27-29-31-33-35-37-39-41-43-45-47-49-51-53-55-57-59-62-65-68-74(77)80-71-72(70-79-73(76)67-64-61-12-9-6-3)81-75(78)69-66-63-60-58-56-54-52-50-48-46-44-42-40-38-36-34-32-30-28-26-24-22-20-18-16-14-11-8-5-2/h7,10,15,17,20-23,26-29,33,35,39,41,45,47,51,53,57,59,72H,4-6,8-9,11-14,16,18-19,24-25,30-32,34,36-38,40,42-44,46,48-50,52,54-56,58,60-71H2,1-3H3/b10-7-,17-15-,22-20-,23-21-,28-26-,29-27-,35-33-,41-39-,47-45-,53-51-,59-57-. The van der Waals surface area contributed by atoms with Gasteiger partial charge in [0.1, 0.15) is 13.2 Å². The van der Waals surface area contributed by atoms with Gasteiger partial charge in [-0.1, -0.05) is 302 Å². The maximum absolute atomic E-state index is 12.8. The van der Waals surface area contributed by atoms with E-state index < -0.39 is 6.10 Å². The molecule has 0 aromatic heterocycles. The molecule has 81 heavy (non-hydrogen) atoms. The zero-order valence-electron chi connectivity index (χ0n) is 52.8. The summed E-state index contributed by atoms with van der Waals surface area (Å²) in [4.78, 5) is 37.9. The molecular weight excluding hydrogens is 997 g/mol. The van der Waals surface area contributed by atoms with E-state index in [4.69, 9.17) is 14.2 Å². The monoisotopic (exact) mass is 1120 g/mol. The maximum Gasteiger partial charge on any atom is 0.306 e. The van der Waals surface area contributed by atoms with Gasteiger partial charge in [0.15, 0.2) is 6.10 Å². The van der Waals surface area contributed by atoms with Crippen molar-refractivity contribution in [1.29, 1.82) is 0 Å². The molecule has 460 valence electrons. The van der Waals surface area contributed by atoms with Crippen LogP contribution in [0.2, 0.25) is 0 Å². The number of ether oxygens (including phenoxy) is 3. The van der Waals surface area contributed by atoms with Crippen molar-refractivity contribution in [2.45, 2.75) is 309 Å². The van der Waals surface area contributed by atoms with Gasteiger partial charge in [-0.2, -0.15) is 0 Å². The molecule has 6 heteroatoms. The largest absolute Gasteiger partial charge is 0.462 e. The lowest BCUT2D eigenvalue weighted by atomic mass is 10.0. The molecule has 0 aliphatic rings. The Morgan fingerprint density at radius 3 is 0.802 bits per heavy atom. The SMILES string of the molecule is CC/C=C\C/C=C\C/C=C\C/C=C\C/C=C\C/C=C\C/C=C\C/C=C\C/C=C\CCCC(=O)OCC(COC(=O)CCCCCCC)OC(=O)CCCCCCCCCCCCCCCCCCC/C=C\C/C=C\CCCCCCC. The first kappa shape index (κ1) is 76.5. The zero-order valence-corrected chi connectivity index (χ0v) is 52.8. The Labute approximate surface area is 500 Å². The number of hydrogen-bond donors (Lipinski definition) is 0. The van der Waals surface area contributed by atoms with E-state index in [-0.39, 0.29) is 37.5 Å². The summed E-state index contributed by atoms with van der Waals surface area (Å²) in [6.07, 6.45) is 96.7. The fraction of sp³-hybridized carbons (Fsp3) is 0.667. The van der Waals surface area contributed by atoms with Gasteiger partial charge in [0.25, 0.3) is 0 Å². The van der Waals surface area contributed by atoms with E-state index in [0.717, 1.165) is 122 Å². The van der Waals surface area contributed by atoms with Crippen LogP contribution in [0.4, 0.5) is 0 Å². The predicted molar refractivity (Wildman–Crippen MR) is 353 cm³/mol. The summed E-state index contributed by atoms with van der Waals surface area (Å²) in [5, 5.41) is 0. The van der Waals surface area contributed by atoms with Crippen molar-refractivity contribution < 1.29 is 28.6 Å². The van der Waals surface area contributed by atoms with E-state index in [9.17, 15) is 14.4 Å². The Kier molecular flexibility index (Phi) is 64.3. The minimum absolute atomic E-state index is 0.0983. The van der Waals surface area contributed by atoms with E-state index in [0.29, 0.717) is 19.3 Å². The third-order valence-electron chi connectivity index (χ3n) is 14.1. The summed E-state index contributed by atoms with van der Waals surface area (Å²) in [6, 6.07) is 0. The lowest BCUT2D eigenvalue weighted by Gasteiger charge is -2.18. The van der Waals surface area contributed by atoms with Crippen LogP contribution in [0.25, 0.3) is 0 Å². The number of unbranched alkanes of at least 4 members (excludes halogenated alkanes) is 27. The average Bonchev–Trinajstić information content (AvgIpc) is 3.47. The first-order valence-corrected chi connectivity index (χ1v) is 33.7. The number of esters is 3. The number of allylic oxidation sites excluding steroid dienone is 22. The topological polar surface area (TPSA) is 78.9 Å². The van der Waals surface area contributed by atoms with Crippen molar-refractivity contribution in [2.24, 2.45) is 0 Å². The van der Waals surface area contributed by atoms with Gasteiger partial charge < -0.3 is 14.2 Å². The first-order chi connectivity index (χ1) is 40.0. The molecule has 0 aromatic rings. The van der Waals surface area contributed by atoms with Crippen molar-refractivity contribution in [3.63, 3.8) is 0 Å². The molecule has 0 heterocycles. The zero-order chi connectivity index (χ0) is 58.5. The molecule has 0 rings (SSSR count). The predicted octanol–water partition coefficient (Wildman–Crippen LogP) is 23.3. The van der Waals surface area contributed by atoms with Gasteiger partial charge in [-0.25, -0.2) is 0 Å². The Balaban J connectivity index is 4.12. The smallest absolute Gasteiger partial charge is 0.306 e. The van der Waals surface area contributed by atoms with Crippen LogP contribution in [0.15, 0.2) is 134 Å². The average molecular weight is 1120 g/mol. The molecule has 0 aliphatic heterocycles. The number of hydrogen-bond acceptors (Lipinski definition) is 6. The molecule has 0 saturated heterocycles. The van der Waals surface area contributed by atoms with Crippen molar-refractivity contribution >= 4 is 17.9 Å². The number of carbonyl (C=O) groups excluding carboxylic acids is 3. The molecule has 1 atom stereocenters. The lowest BCUT2D eigenvalue weighted by Crippen LogP contribution is -2.30. The summed E-state index contributed by atoms with van der Waals surface area (Å²) in [5.74, 6) is -0.971. The van der Waals surface area contributed by atoms with Gasteiger partial charge in [-0.05, 0) is 116 Å². The van der Waals surface area contributed by atoms with Crippen molar-refractivity contribution in [2.75, 3.05) is 13.2 Å². The second-order valence-electron chi connectivity index (χ2n) is 22.0. The molecule has 0 saturated carbocycles. The fourth-order valence-electron chi connectivity index (χ4n) is 9.12. The van der Waals surface area contributed by atoms with Crippen molar-refractivity contribution in [1.82, 2.24) is 0 Å². The Hall–Kier alpha value is -4.45. The Bertz CT molecular complexity index is 1720. The molecule has 0 fully saturated rings. The van der Waals surface area contributed by atoms with Crippen LogP contribution >= 0.6 is 0 Å². The summed E-state index contributed by atoms with van der Waals surface area (Å²) in [6.45, 7) is 6.40. The molecule has 6 nitrogen and oxygen atoms in total. The Morgan fingerprint density at radius 2 is 0.494 bits per heavy atom. The molecular formula is C75H124O6. The second-order valence-corrected chi connectivity index (χ2v) is 22.0. The fourth-order valence-corrected chi connectivity index (χ4v) is 9.12.